The van der Waals surface area contributed by atoms with Gasteiger partial charge in [-0.15, -0.1) is 0 Å². The lowest BCUT2D eigenvalue weighted by molar-refractivity contribution is -0.0000198. The lowest BCUT2D eigenvalue weighted by Crippen LogP contribution is -3.00. The number of aromatic nitrogens is 2. The Morgan fingerprint density at radius 2 is 1.95 bits per heavy atom. The van der Waals surface area contributed by atoms with Crippen molar-refractivity contribution < 1.29 is 22.3 Å². The van der Waals surface area contributed by atoms with Crippen LogP contribution >= 0.6 is 0 Å². The molecule has 0 aliphatic rings. The quantitative estimate of drug-likeness (QED) is 0.731. The van der Waals surface area contributed by atoms with Crippen molar-refractivity contribution >= 4 is 28.4 Å². The first-order valence-electron chi connectivity index (χ1n) is 6.45. The largest absolute Gasteiger partial charge is 1.00 e. The summed E-state index contributed by atoms with van der Waals surface area (Å²) < 4.78 is 0. The molecule has 0 atom stereocenters. The molecule has 0 saturated heterocycles. The van der Waals surface area contributed by atoms with Gasteiger partial charge in [0.2, 0.25) is 0 Å². The van der Waals surface area contributed by atoms with Crippen molar-refractivity contribution in [2.45, 2.75) is 6.92 Å². The summed E-state index contributed by atoms with van der Waals surface area (Å²) in [6.07, 6.45) is 1.49. The molecule has 0 unspecified atom stereocenters. The number of halogens is 1. The number of hydrogen-bond donors (Lipinski definition) is 2. The molecular formula is C16H13ClN3O2-. The van der Waals surface area contributed by atoms with Crippen molar-refractivity contribution in [1.82, 2.24) is 9.97 Å². The maximum Gasteiger partial charge on any atom is 0.335 e. The van der Waals surface area contributed by atoms with E-state index in [0.29, 0.717) is 11.5 Å². The normalized spacial score (nSPS) is 10.0. The SMILES string of the molecule is Cc1ccc2ncnc(Nc3cccc(C(=O)O)c3)c2c1.[Cl-]. The number of nitrogens with zero attached hydrogens (tertiary/aromatic N) is 2. The minimum absolute atomic E-state index is 0. The van der Waals surface area contributed by atoms with E-state index in [4.69, 9.17) is 5.11 Å². The van der Waals surface area contributed by atoms with Crippen molar-refractivity contribution in [3.63, 3.8) is 0 Å². The van der Waals surface area contributed by atoms with Gasteiger partial charge in [-0.3, -0.25) is 0 Å². The molecule has 0 aliphatic heterocycles. The molecule has 6 heteroatoms. The number of aryl methyl sites for hydroxylation is 1. The summed E-state index contributed by atoms with van der Waals surface area (Å²) in [5, 5.41) is 13.1. The molecule has 0 bridgehead atoms. The number of fused-ring (bicyclic) bond motifs is 1. The van der Waals surface area contributed by atoms with Crippen LogP contribution in [0, 0.1) is 6.92 Å². The van der Waals surface area contributed by atoms with Gasteiger partial charge in [-0.05, 0) is 37.3 Å². The smallest absolute Gasteiger partial charge is 0.335 e. The van der Waals surface area contributed by atoms with E-state index >= 15 is 0 Å². The number of benzene rings is 2. The summed E-state index contributed by atoms with van der Waals surface area (Å²) in [6.45, 7) is 2.00. The van der Waals surface area contributed by atoms with Crippen molar-refractivity contribution in [3.8, 4) is 0 Å². The summed E-state index contributed by atoms with van der Waals surface area (Å²) >= 11 is 0. The Morgan fingerprint density at radius 3 is 2.73 bits per heavy atom. The molecule has 3 rings (SSSR count). The molecule has 0 aliphatic carbocycles. The predicted molar refractivity (Wildman–Crippen MR) is 81.0 cm³/mol. The number of nitrogens with one attached hydrogen (secondary N) is 1. The van der Waals surface area contributed by atoms with Crippen LogP contribution in [-0.4, -0.2) is 21.0 Å². The van der Waals surface area contributed by atoms with E-state index in [1.54, 1.807) is 24.3 Å². The zero-order chi connectivity index (χ0) is 14.8. The second kappa shape index (κ2) is 6.41. The van der Waals surface area contributed by atoms with Gasteiger partial charge in [-0.25, -0.2) is 14.8 Å². The van der Waals surface area contributed by atoms with E-state index in [2.05, 4.69) is 15.3 Å². The molecule has 0 spiro atoms. The van der Waals surface area contributed by atoms with Crippen LogP contribution in [0.25, 0.3) is 10.9 Å². The Labute approximate surface area is 133 Å². The van der Waals surface area contributed by atoms with Crippen LogP contribution < -0.4 is 17.7 Å². The van der Waals surface area contributed by atoms with Crippen LogP contribution in [0.3, 0.4) is 0 Å². The number of aromatic carboxylic acids is 1. The van der Waals surface area contributed by atoms with Crippen molar-refractivity contribution in [1.29, 1.82) is 0 Å². The monoisotopic (exact) mass is 314 g/mol. The van der Waals surface area contributed by atoms with Crippen molar-refractivity contribution in [3.05, 3.63) is 59.9 Å². The number of carbonyl (C=O) groups is 1. The van der Waals surface area contributed by atoms with Gasteiger partial charge in [-0.1, -0.05) is 17.7 Å². The lowest BCUT2D eigenvalue weighted by Gasteiger charge is -2.09. The third kappa shape index (κ3) is 3.15. The molecule has 0 amide bonds. The molecule has 2 N–H and O–H groups in total. The fourth-order valence-electron chi connectivity index (χ4n) is 2.14. The summed E-state index contributed by atoms with van der Waals surface area (Å²) in [4.78, 5) is 19.5. The molecule has 3 aromatic rings. The highest BCUT2D eigenvalue weighted by molar-refractivity contribution is 5.92. The van der Waals surface area contributed by atoms with Gasteiger partial charge < -0.3 is 22.8 Å². The Bertz CT molecular complexity index is 836. The highest BCUT2D eigenvalue weighted by atomic mass is 35.5. The summed E-state index contributed by atoms with van der Waals surface area (Å²) in [5.41, 5.74) is 2.86. The molecule has 2 aromatic carbocycles. The first kappa shape index (κ1) is 15.7. The van der Waals surface area contributed by atoms with Crippen LogP contribution in [-0.2, 0) is 0 Å². The molecule has 0 fully saturated rings. The van der Waals surface area contributed by atoms with Gasteiger partial charge in [-0.2, -0.15) is 0 Å². The van der Waals surface area contributed by atoms with Gasteiger partial charge in [0.1, 0.15) is 12.1 Å². The van der Waals surface area contributed by atoms with E-state index in [1.807, 2.05) is 25.1 Å². The fraction of sp³-hybridized carbons (Fsp3) is 0.0625. The molecule has 112 valence electrons. The first-order chi connectivity index (χ1) is 10.1. The van der Waals surface area contributed by atoms with Crippen LogP contribution in [0.1, 0.15) is 15.9 Å². The Kier molecular flexibility index (Phi) is 4.58. The molecule has 1 heterocycles. The molecule has 1 aromatic heterocycles. The Morgan fingerprint density at radius 1 is 1.14 bits per heavy atom. The third-order valence-corrected chi connectivity index (χ3v) is 3.16. The van der Waals surface area contributed by atoms with Crippen LogP contribution in [0.4, 0.5) is 11.5 Å². The topological polar surface area (TPSA) is 75.1 Å². The number of hydrogen-bond acceptors (Lipinski definition) is 4. The van der Waals surface area contributed by atoms with Crippen LogP contribution in [0.15, 0.2) is 48.8 Å². The Balaban J connectivity index is 0.00000176. The van der Waals surface area contributed by atoms with E-state index in [9.17, 15) is 4.79 Å². The van der Waals surface area contributed by atoms with Gasteiger partial charge >= 0.3 is 5.97 Å². The minimum Gasteiger partial charge on any atom is -1.00 e. The van der Waals surface area contributed by atoms with Gasteiger partial charge in [0.15, 0.2) is 0 Å². The Hall–Kier alpha value is -2.66. The van der Waals surface area contributed by atoms with Gasteiger partial charge in [0.05, 0.1) is 11.1 Å². The zero-order valence-electron chi connectivity index (χ0n) is 11.7. The highest BCUT2D eigenvalue weighted by Gasteiger charge is 2.07. The van der Waals surface area contributed by atoms with Crippen molar-refractivity contribution in [2.24, 2.45) is 0 Å². The number of rotatable bonds is 3. The summed E-state index contributed by atoms with van der Waals surface area (Å²) in [7, 11) is 0. The maximum absolute atomic E-state index is 11.0. The lowest BCUT2D eigenvalue weighted by atomic mass is 10.1. The van der Waals surface area contributed by atoms with Gasteiger partial charge in [0, 0.05) is 11.1 Å². The number of carboxylic acid groups (broad SMARTS) is 1. The van der Waals surface area contributed by atoms with Crippen LogP contribution in [0.5, 0.6) is 0 Å². The first-order valence-corrected chi connectivity index (χ1v) is 6.45. The fourth-order valence-corrected chi connectivity index (χ4v) is 2.14. The summed E-state index contributed by atoms with van der Waals surface area (Å²) in [6, 6.07) is 12.5. The second-order valence-electron chi connectivity index (χ2n) is 4.75. The minimum atomic E-state index is -0.956. The third-order valence-electron chi connectivity index (χ3n) is 3.16. The molecular weight excluding hydrogens is 302 g/mol. The molecule has 5 nitrogen and oxygen atoms in total. The maximum atomic E-state index is 11.0. The number of anilines is 2. The average Bonchev–Trinajstić information content (AvgIpc) is 2.48. The van der Waals surface area contributed by atoms with E-state index in [0.717, 1.165) is 16.5 Å². The van der Waals surface area contributed by atoms with Crippen molar-refractivity contribution in [2.75, 3.05) is 5.32 Å². The van der Waals surface area contributed by atoms with Gasteiger partial charge in [0.25, 0.3) is 0 Å². The standard InChI is InChI=1S/C16H13N3O2.ClH/c1-10-5-6-14-13(7-10)15(18-9-17-14)19-12-4-2-3-11(8-12)16(20)21;/h2-9H,1H3,(H,20,21)(H,17,18,19);1H/p-1. The predicted octanol–water partition coefficient (Wildman–Crippen LogP) is 0.384. The zero-order valence-corrected chi connectivity index (χ0v) is 12.5. The highest BCUT2D eigenvalue weighted by Crippen LogP contribution is 2.24. The molecule has 0 radical (unpaired) electrons. The van der Waals surface area contributed by atoms with E-state index in [1.165, 1.54) is 6.33 Å². The van der Waals surface area contributed by atoms with E-state index in [-0.39, 0.29) is 18.0 Å². The van der Waals surface area contributed by atoms with Crippen LogP contribution in [0.2, 0.25) is 0 Å². The molecule has 0 saturated carbocycles. The summed E-state index contributed by atoms with van der Waals surface area (Å²) in [5.74, 6) is -0.298. The molecule has 22 heavy (non-hydrogen) atoms. The second-order valence-corrected chi connectivity index (χ2v) is 4.75. The number of carboxylic acids is 1. The average molecular weight is 315 g/mol. The van der Waals surface area contributed by atoms with E-state index < -0.39 is 5.97 Å².